The molecule has 2 N–H and O–H groups in total. The molecule has 5 nitrogen and oxygen atoms in total. The summed E-state index contributed by atoms with van der Waals surface area (Å²) in [5.74, 6) is 0.656. The predicted molar refractivity (Wildman–Crippen MR) is 69.3 cm³/mol. The maximum atomic E-state index is 12.0. The van der Waals surface area contributed by atoms with Crippen LogP contribution in [0.25, 0.3) is 0 Å². The standard InChI is InChI=1S/C11H19N3O2S/c1-8-6-10(14(2)13-8)11(16)12-9(4-5-15)7-17-3/h6,9,15H,4-5,7H2,1-3H3,(H,12,16)/t9-/m0/s1. The summed E-state index contributed by atoms with van der Waals surface area (Å²) < 4.78 is 1.57. The van der Waals surface area contributed by atoms with E-state index in [0.29, 0.717) is 12.1 Å². The molecule has 1 atom stereocenters. The number of nitrogens with one attached hydrogen (secondary N) is 1. The summed E-state index contributed by atoms with van der Waals surface area (Å²) in [6.07, 6.45) is 2.55. The van der Waals surface area contributed by atoms with Crippen LogP contribution in [0.3, 0.4) is 0 Å². The minimum absolute atomic E-state index is 0.00212. The fourth-order valence-electron chi connectivity index (χ4n) is 1.64. The van der Waals surface area contributed by atoms with E-state index in [4.69, 9.17) is 5.11 Å². The van der Waals surface area contributed by atoms with Gasteiger partial charge in [-0.15, -0.1) is 0 Å². The Hall–Kier alpha value is -1.01. The summed E-state index contributed by atoms with van der Waals surface area (Å²) in [6.45, 7) is 1.93. The summed E-state index contributed by atoms with van der Waals surface area (Å²) in [4.78, 5) is 12.0. The van der Waals surface area contributed by atoms with Gasteiger partial charge in [0.15, 0.2) is 0 Å². The highest BCUT2D eigenvalue weighted by molar-refractivity contribution is 7.98. The molecule has 0 saturated heterocycles. The van der Waals surface area contributed by atoms with E-state index in [9.17, 15) is 4.79 Å². The van der Waals surface area contributed by atoms with Gasteiger partial charge < -0.3 is 10.4 Å². The molecule has 0 saturated carbocycles. The van der Waals surface area contributed by atoms with Gasteiger partial charge in [-0.05, 0) is 25.7 Å². The van der Waals surface area contributed by atoms with E-state index < -0.39 is 0 Å². The molecule has 1 amide bonds. The van der Waals surface area contributed by atoms with Crippen molar-refractivity contribution in [3.63, 3.8) is 0 Å². The van der Waals surface area contributed by atoms with Crippen molar-refractivity contribution in [3.05, 3.63) is 17.5 Å². The van der Waals surface area contributed by atoms with Crippen molar-refractivity contribution in [2.75, 3.05) is 18.6 Å². The highest BCUT2D eigenvalue weighted by Crippen LogP contribution is 2.05. The van der Waals surface area contributed by atoms with Gasteiger partial charge in [0.1, 0.15) is 5.69 Å². The first-order valence-electron chi connectivity index (χ1n) is 5.49. The number of aryl methyl sites for hydroxylation is 2. The largest absolute Gasteiger partial charge is 0.396 e. The molecule has 0 fully saturated rings. The molecule has 1 aromatic heterocycles. The number of amides is 1. The third-order valence-electron chi connectivity index (χ3n) is 2.42. The third kappa shape index (κ3) is 4.05. The molecule has 96 valence electrons. The number of nitrogens with zero attached hydrogens (tertiary/aromatic N) is 2. The lowest BCUT2D eigenvalue weighted by Crippen LogP contribution is -2.38. The van der Waals surface area contributed by atoms with E-state index in [1.165, 1.54) is 0 Å². The minimum Gasteiger partial charge on any atom is -0.396 e. The first-order valence-corrected chi connectivity index (χ1v) is 6.89. The van der Waals surface area contributed by atoms with Gasteiger partial charge in [0, 0.05) is 25.4 Å². The first-order chi connectivity index (χ1) is 8.08. The van der Waals surface area contributed by atoms with Crippen LogP contribution in [0.2, 0.25) is 0 Å². The molecule has 1 heterocycles. The molecule has 0 spiro atoms. The quantitative estimate of drug-likeness (QED) is 0.782. The van der Waals surface area contributed by atoms with E-state index in [1.54, 1.807) is 29.6 Å². The van der Waals surface area contributed by atoms with Crippen molar-refractivity contribution in [2.45, 2.75) is 19.4 Å². The van der Waals surface area contributed by atoms with E-state index in [0.717, 1.165) is 11.4 Å². The Labute approximate surface area is 106 Å². The molecule has 0 radical (unpaired) electrons. The Morgan fingerprint density at radius 2 is 2.41 bits per heavy atom. The Balaban J connectivity index is 2.66. The average molecular weight is 257 g/mol. The lowest BCUT2D eigenvalue weighted by Gasteiger charge is -2.16. The van der Waals surface area contributed by atoms with E-state index in [2.05, 4.69) is 10.4 Å². The van der Waals surface area contributed by atoms with Gasteiger partial charge in [0.05, 0.1) is 5.69 Å². The van der Waals surface area contributed by atoms with Crippen LogP contribution in [0.4, 0.5) is 0 Å². The van der Waals surface area contributed by atoms with Gasteiger partial charge >= 0.3 is 0 Å². The summed E-state index contributed by atoms with van der Waals surface area (Å²) in [6, 6.07) is 1.75. The topological polar surface area (TPSA) is 67.2 Å². The molecule has 1 rings (SSSR count). The van der Waals surface area contributed by atoms with Crippen molar-refractivity contribution in [2.24, 2.45) is 7.05 Å². The van der Waals surface area contributed by atoms with Crippen LogP contribution in [0.5, 0.6) is 0 Å². The van der Waals surface area contributed by atoms with Gasteiger partial charge in [-0.2, -0.15) is 16.9 Å². The van der Waals surface area contributed by atoms with Crippen molar-refractivity contribution in [3.8, 4) is 0 Å². The van der Waals surface area contributed by atoms with Crippen LogP contribution in [0.1, 0.15) is 22.6 Å². The molecular weight excluding hydrogens is 238 g/mol. The number of carbonyl (C=O) groups is 1. The number of aromatic nitrogens is 2. The highest BCUT2D eigenvalue weighted by Gasteiger charge is 2.16. The molecule has 0 bridgehead atoms. The smallest absolute Gasteiger partial charge is 0.269 e. The number of hydrogen-bond acceptors (Lipinski definition) is 4. The molecule has 0 aliphatic heterocycles. The van der Waals surface area contributed by atoms with Crippen LogP contribution in [-0.4, -0.2) is 45.5 Å². The minimum atomic E-state index is -0.138. The highest BCUT2D eigenvalue weighted by atomic mass is 32.2. The monoisotopic (exact) mass is 257 g/mol. The predicted octanol–water partition coefficient (Wildman–Crippen LogP) is 0.572. The summed E-state index contributed by atoms with van der Waals surface area (Å²) in [5, 5.41) is 16.0. The second-order valence-corrected chi connectivity index (χ2v) is 4.84. The van der Waals surface area contributed by atoms with E-state index in [-0.39, 0.29) is 18.6 Å². The lowest BCUT2D eigenvalue weighted by atomic mass is 10.2. The number of carbonyl (C=O) groups excluding carboxylic acids is 1. The second-order valence-electron chi connectivity index (χ2n) is 3.93. The molecule has 0 aromatic carbocycles. The summed E-state index contributed by atoms with van der Waals surface area (Å²) in [7, 11) is 1.75. The Morgan fingerprint density at radius 1 is 1.71 bits per heavy atom. The molecule has 17 heavy (non-hydrogen) atoms. The summed E-state index contributed by atoms with van der Waals surface area (Å²) in [5.41, 5.74) is 1.37. The number of thioether (sulfide) groups is 1. The zero-order chi connectivity index (χ0) is 12.8. The Bertz CT molecular complexity index is 373. The van der Waals surface area contributed by atoms with Crippen LogP contribution < -0.4 is 5.32 Å². The maximum Gasteiger partial charge on any atom is 0.269 e. The van der Waals surface area contributed by atoms with Crippen LogP contribution in [0.15, 0.2) is 6.07 Å². The molecule has 0 aliphatic carbocycles. The molecular formula is C11H19N3O2S. The van der Waals surface area contributed by atoms with Crippen LogP contribution in [-0.2, 0) is 7.05 Å². The van der Waals surface area contributed by atoms with Gasteiger partial charge in [0.25, 0.3) is 5.91 Å². The number of aliphatic hydroxyl groups excluding tert-OH is 1. The number of hydrogen-bond donors (Lipinski definition) is 2. The zero-order valence-electron chi connectivity index (χ0n) is 10.4. The van der Waals surface area contributed by atoms with Crippen molar-refractivity contribution < 1.29 is 9.90 Å². The van der Waals surface area contributed by atoms with Crippen LogP contribution in [0, 0.1) is 6.92 Å². The fraction of sp³-hybridized carbons (Fsp3) is 0.636. The van der Waals surface area contributed by atoms with Crippen molar-refractivity contribution in [1.29, 1.82) is 0 Å². The average Bonchev–Trinajstić information content (AvgIpc) is 2.58. The summed E-state index contributed by atoms with van der Waals surface area (Å²) >= 11 is 1.65. The van der Waals surface area contributed by atoms with Gasteiger partial charge in [-0.25, -0.2) is 0 Å². The van der Waals surface area contributed by atoms with E-state index in [1.807, 2.05) is 13.2 Å². The molecule has 1 aromatic rings. The van der Waals surface area contributed by atoms with Gasteiger partial charge in [-0.3, -0.25) is 9.48 Å². The zero-order valence-corrected chi connectivity index (χ0v) is 11.3. The lowest BCUT2D eigenvalue weighted by molar-refractivity contribution is 0.0926. The molecule has 0 aliphatic rings. The number of aliphatic hydroxyl groups is 1. The number of rotatable bonds is 6. The van der Waals surface area contributed by atoms with E-state index >= 15 is 0 Å². The third-order valence-corrected chi connectivity index (χ3v) is 3.15. The second kappa shape index (κ2) is 6.66. The first kappa shape index (κ1) is 14.1. The van der Waals surface area contributed by atoms with Crippen LogP contribution >= 0.6 is 11.8 Å². The molecule has 6 heteroatoms. The molecule has 0 unspecified atom stereocenters. The van der Waals surface area contributed by atoms with Gasteiger partial charge in [0.2, 0.25) is 0 Å². The fourth-order valence-corrected chi connectivity index (χ4v) is 2.29. The SMILES string of the molecule is CSC[C@H](CCO)NC(=O)c1cc(C)nn1C. The van der Waals surface area contributed by atoms with Crippen molar-refractivity contribution >= 4 is 17.7 Å². The Kier molecular flexibility index (Phi) is 5.50. The van der Waals surface area contributed by atoms with Crippen molar-refractivity contribution in [1.82, 2.24) is 15.1 Å². The Morgan fingerprint density at radius 3 is 2.88 bits per heavy atom. The normalized spacial score (nSPS) is 12.5. The maximum absolute atomic E-state index is 12.0. The van der Waals surface area contributed by atoms with Gasteiger partial charge in [-0.1, -0.05) is 0 Å².